The van der Waals surface area contributed by atoms with Gasteiger partial charge in [-0.25, -0.2) is 4.98 Å². The number of ether oxygens (including phenoxy) is 1. The van der Waals surface area contributed by atoms with Crippen LogP contribution in [-0.2, 0) is 6.42 Å². The summed E-state index contributed by atoms with van der Waals surface area (Å²) in [4.78, 5) is 17.0. The van der Waals surface area contributed by atoms with Gasteiger partial charge in [0.05, 0.1) is 16.6 Å². The Morgan fingerprint density at radius 2 is 2.18 bits per heavy atom. The highest BCUT2D eigenvalue weighted by atomic mass is 35.5. The van der Waals surface area contributed by atoms with E-state index >= 15 is 0 Å². The van der Waals surface area contributed by atoms with Gasteiger partial charge in [-0.15, -0.1) is 0 Å². The SMILES string of the molecule is CC1Cc2c(n(-c3cccc(Cl)c3)c3ncccc3c2=O)O1. The predicted octanol–water partition coefficient (Wildman–Crippen LogP) is 3.36. The van der Waals surface area contributed by atoms with Gasteiger partial charge in [-0.05, 0) is 37.3 Å². The molecule has 22 heavy (non-hydrogen) atoms. The zero-order valence-corrected chi connectivity index (χ0v) is 12.7. The van der Waals surface area contributed by atoms with Crippen molar-refractivity contribution in [3.63, 3.8) is 0 Å². The third-order valence-corrected chi connectivity index (χ3v) is 4.08. The molecule has 2 aromatic heterocycles. The highest BCUT2D eigenvalue weighted by Crippen LogP contribution is 2.32. The van der Waals surface area contributed by atoms with E-state index in [-0.39, 0.29) is 11.5 Å². The van der Waals surface area contributed by atoms with Crippen LogP contribution in [-0.4, -0.2) is 15.7 Å². The smallest absolute Gasteiger partial charge is 0.207 e. The van der Waals surface area contributed by atoms with Gasteiger partial charge >= 0.3 is 0 Å². The van der Waals surface area contributed by atoms with Crippen molar-refractivity contribution in [2.75, 3.05) is 0 Å². The molecule has 1 unspecified atom stereocenters. The lowest BCUT2D eigenvalue weighted by Gasteiger charge is -2.15. The maximum atomic E-state index is 12.7. The molecule has 0 saturated heterocycles. The van der Waals surface area contributed by atoms with Crippen LogP contribution in [0, 0.1) is 0 Å². The lowest BCUT2D eigenvalue weighted by Crippen LogP contribution is -2.14. The van der Waals surface area contributed by atoms with Crippen molar-refractivity contribution in [1.82, 2.24) is 9.55 Å². The van der Waals surface area contributed by atoms with Gasteiger partial charge in [-0.1, -0.05) is 17.7 Å². The zero-order valence-electron chi connectivity index (χ0n) is 11.9. The van der Waals surface area contributed by atoms with Crippen LogP contribution in [0.15, 0.2) is 47.4 Å². The van der Waals surface area contributed by atoms with Crippen LogP contribution < -0.4 is 10.2 Å². The number of hydrogen-bond acceptors (Lipinski definition) is 3. The Balaban J connectivity index is 2.16. The van der Waals surface area contributed by atoms with Gasteiger partial charge in [0.2, 0.25) is 5.88 Å². The molecule has 0 N–H and O–H groups in total. The Hall–Kier alpha value is -2.33. The number of aromatic nitrogens is 2. The number of nitrogens with zero attached hydrogens (tertiary/aromatic N) is 2. The second-order valence-electron chi connectivity index (χ2n) is 5.44. The molecule has 4 nitrogen and oxygen atoms in total. The van der Waals surface area contributed by atoms with Crippen molar-refractivity contribution in [3.8, 4) is 11.6 Å². The maximum absolute atomic E-state index is 12.7. The Labute approximate surface area is 131 Å². The largest absolute Gasteiger partial charge is 0.475 e. The van der Waals surface area contributed by atoms with Crippen molar-refractivity contribution in [2.24, 2.45) is 0 Å². The Morgan fingerprint density at radius 3 is 3.00 bits per heavy atom. The molecule has 0 aliphatic carbocycles. The molecule has 0 saturated carbocycles. The second kappa shape index (κ2) is 4.85. The molecule has 4 rings (SSSR count). The van der Waals surface area contributed by atoms with Crippen LogP contribution >= 0.6 is 11.6 Å². The van der Waals surface area contributed by atoms with E-state index in [2.05, 4.69) is 4.98 Å². The minimum Gasteiger partial charge on any atom is -0.475 e. The summed E-state index contributed by atoms with van der Waals surface area (Å²) in [6, 6.07) is 11.0. The standard InChI is InChI=1S/C17H13ClN2O2/c1-10-8-14-15(21)13-6-3-7-19-16(13)20(17(14)22-10)12-5-2-4-11(18)9-12/h2-7,9-10H,8H2,1H3. The molecule has 110 valence electrons. The molecule has 3 aromatic rings. The summed E-state index contributed by atoms with van der Waals surface area (Å²) in [7, 11) is 0. The van der Waals surface area contributed by atoms with Crippen molar-refractivity contribution < 1.29 is 4.74 Å². The average Bonchev–Trinajstić information content (AvgIpc) is 2.89. The molecule has 0 amide bonds. The minimum absolute atomic E-state index is 0.000674. The van der Waals surface area contributed by atoms with E-state index in [4.69, 9.17) is 16.3 Å². The first-order valence-corrected chi connectivity index (χ1v) is 7.48. The van der Waals surface area contributed by atoms with Crippen molar-refractivity contribution in [1.29, 1.82) is 0 Å². The number of halogens is 1. The summed E-state index contributed by atoms with van der Waals surface area (Å²) < 4.78 is 7.78. The molecule has 1 aliphatic heterocycles. The fourth-order valence-corrected chi connectivity index (χ4v) is 3.11. The first-order valence-electron chi connectivity index (χ1n) is 7.10. The van der Waals surface area contributed by atoms with Crippen LogP contribution in [0.4, 0.5) is 0 Å². The van der Waals surface area contributed by atoms with E-state index in [1.165, 1.54) is 0 Å². The van der Waals surface area contributed by atoms with E-state index in [9.17, 15) is 4.79 Å². The van der Waals surface area contributed by atoms with Gasteiger partial charge < -0.3 is 4.74 Å². The van der Waals surface area contributed by atoms with E-state index in [1.807, 2.05) is 35.8 Å². The van der Waals surface area contributed by atoms with Crippen molar-refractivity contribution >= 4 is 22.6 Å². The first kappa shape index (κ1) is 13.3. The third kappa shape index (κ3) is 1.91. The van der Waals surface area contributed by atoms with E-state index in [0.29, 0.717) is 33.9 Å². The number of benzene rings is 1. The highest BCUT2D eigenvalue weighted by Gasteiger charge is 2.28. The summed E-state index contributed by atoms with van der Waals surface area (Å²) in [5, 5.41) is 1.22. The van der Waals surface area contributed by atoms with Crippen LogP contribution in [0.2, 0.25) is 5.02 Å². The molecule has 1 atom stereocenters. The third-order valence-electron chi connectivity index (χ3n) is 3.85. The monoisotopic (exact) mass is 312 g/mol. The lowest BCUT2D eigenvalue weighted by atomic mass is 10.1. The molecule has 1 aliphatic rings. The number of hydrogen-bond donors (Lipinski definition) is 0. The van der Waals surface area contributed by atoms with Gasteiger partial charge in [-0.3, -0.25) is 9.36 Å². The topological polar surface area (TPSA) is 44.1 Å². The fraction of sp³-hybridized carbons (Fsp3) is 0.176. The van der Waals surface area contributed by atoms with Gasteiger partial charge in [0.1, 0.15) is 6.10 Å². The Bertz CT molecular complexity index is 949. The molecule has 0 spiro atoms. The molecule has 3 heterocycles. The highest BCUT2D eigenvalue weighted by molar-refractivity contribution is 6.30. The number of rotatable bonds is 1. The van der Waals surface area contributed by atoms with E-state index < -0.39 is 0 Å². The van der Waals surface area contributed by atoms with Crippen LogP contribution in [0.3, 0.4) is 0 Å². The summed E-state index contributed by atoms with van der Waals surface area (Å²) >= 11 is 6.12. The number of fused-ring (bicyclic) bond motifs is 2. The quantitative estimate of drug-likeness (QED) is 0.692. The first-order chi connectivity index (χ1) is 10.6. The summed E-state index contributed by atoms with van der Waals surface area (Å²) in [5.74, 6) is 0.575. The minimum atomic E-state index is -0.0232. The molecule has 1 aromatic carbocycles. The van der Waals surface area contributed by atoms with Gasteiger partial charge in [0, 0.05) is 17.6 Å². The maximum Gasteiger partial charge on any atom is 0.207 e. The Morgan fingerprint density at radius 1 is 1.32 bits per heavy atom. The molecule has 0 bridgehead atoms. The molecule has 0 radical (unpaired) electrons. The number of pyridine rings is 2. The van der Waals surface area contributed by atoms with Gasteiger partial charge in [-0.2, -0.15) is 0 Å². The normalized spacial score (nSPS) is 16.5. The Kier molecular flexibility index (Phi) is 2.94. The van der Waals surface area contributed by atoms with E-state index in [0.717, 1.165) is 5.69 Å². The fourth-order valence-electron chi connectivity index (χ4n) is 2.92. The van der Waals surface area contributed by atoms with Crippen LogP contribution in [0.25, 0.3) is 16.7 Å². The van der Waals surface area contributed by atoms with Crippen molar-refractivity contribution in [2.45, 2.75) is 19.4 Å². The lowest BCUT2D eigenvalue weighted by molar-refractivity contribution is 0.242. The molecule has 5 heteroatoms. The van der Waals surface area contributed by atoms with Crippen LogP contribution in [0.1, 0.15) is 12.5 Å². The average molecular weight is 313 g/mol. The van der Waals surface area contributed by atoms with Crippen molar-refractivity contribution in [3.05, 3.63) is 63.4 Å². The summed E-state index contributed by atoms with van der Waals surface area (Å²) in [6.45, 7) is 1.96. The zero-order chi connectivity index (χ0) is 15.3. The molecular formula is C17H13ClN2O2. The van der Waals surface area contributed by atoms with Gasteiger partial charge in [0.25, 0.3) is 0 Å². The second-order valence-corrected chi connectivity index (χ2v) is 5.87. The molecule has 0 fully saturated rings. The molecular weight excluding hydrogens is 300 g/mol. The predicted molar refractivity (Wildman–Crippen MR) is 86.1 cm³/mol. The van der Waals surface area contributed by atoms with Crippen LogP contribution in [0.5, 0.6) is 5.88 Å². The van der Waals surface area contributed by atoms with E-state index in [1.54, 1.807) is 18.3 Å². The summed E-state index contributed by atoms with van der Waals surface area (Å²) in [6.07, 6.45) is 2.26. The van der Waals surface area contributed by atoms with Gasteiger partial charge in [0.15, 0.2) is 11.1 Å². The summed E-state index contributed by atoms with van der Waals surface area (Å²) in [5.41, 5.74) is 2.12.